The number of carbonyl (C=O) groups excluding carboxylic acids is 3. The number of hydrogen-bond acceptors (Lipinski definition) is 4. The van der Waals surface area contributed by atoms with Gasteiger partial charge in [-0.25, -0.2) is 0 Å². The Morgan fingerprint density at radius 2 is 1.84 bits per heavy atom. The monoisotopic (exact) mass is 271 g/mol. The van der Waals surface area contributed by atoms with Crippen molar-refractivity contribution >= 4 is 23.6 Å². The zero-order valence-electron chi connectivity index (χ0n) is 11.2. The van der Waals surface area contributed by atoms with Crippen LogP contribution < -0.4 is 21.7 Å². The van der Waals surface area contributed by atoms with Gasteiger partial charge in [0.05, 0.1) is 12.6 Å². The predicted octanol–water partition coefficient (Wildman–Crippen LogP) is -1.54. The molecule has 0 fully saturated rings. The lowest BCUT2D eigenvalue weighted by molar-refractivity contribution is -0.128. The van der Waals surface area contributed by atoms with E-state index in [0.717, 1.165) is 0 Å². The van der Waals surface area contributed by atoms with Crippen molar-refractivity contribution in [3.05, 3.63) is 0 Å². The molecule has 0 bridgehead atoms. The number of amides is 2. The molecule has 0 heterocycles. The normalized spacial score (nSPS) is 11.3. The first-order valence-corrected chi connectivity index (χ1v) is 5.95. The number of Topliss-reactive ketones (excluding diaryl/α,β-unsaturated/α-hetero) is 1. The number of rotatable bonds is 8. The summed E-state index contributed by atoms with van der Waals surface area (Å²) in [6.07, 6.45) is 1.03. The first-order chi connectivity index (χ1) is 8.82. The van der Waals surface area contributed by atoms with Gasteiger partial charge in [0.15, 0.2) is 11.7 Å². The first-order valence-electron chi connectivity index (χ1n) is 5.95. The van der Waals surface area contributed by atoms with Crippen LogP contribution in [0.25, 0.3) is 0 Å². The van der Waals surface area contributed by atoms with Crippen molar-refractivity contribution in [1.29, 1.82) is 5.41 Å². The summed E-state index contributed by atoms with van der Waals surface area (Å²) in [5.74, 6) is -0.997. The lowest BCUT2D eigenvalue weighted by Gasteiger charge is -2.16. The molecule has 0 spiro atoms. The Bertz CT molecular complexity index is 356. The van der Waals surface area contributed by atoms with Crippen molar-refractivity contribution in [2.75, 3.05) is 13.1 Å². The molecule has 8 nitrogen and oxygen atoms in total. The van der Waals surface area contributed by atoms with E-state index in [1.807, 2.05) is 0 Å². The van der Waals surface area contributed by atoms with E-state index in [0.29, 0.717) is 19.4 Å². The molecule has 8 heteroatoms. The van der Waals surface area contributed by atoms with Gasteiger partial charge in [0.2, 0.25) is 11.8 Å². The zero-order chi connectivity index (χ0) is 14.8. The highest BCUT2D eigenvalue weighted by Gasteiger charge is 2.16. The van der Waals surface area contributed by atoms with Gasteiger partial charge in [-0.05, 0) is 19.8 Å². The Labute approximate surface area is 112 Å². The van der Waals surface area contributed by atoms with Crippen LogP contribution >= 0.6 is 0 Å². The first kappa shape index (κ1) is 16.9. The fourth-order valence-electron chi connectivity index (χ4n) is 1.36. The number of hydrogen-bond donors (Lipinski definition) is 5. The summed E-state index contributed by atoms with van der Waals surface area (Å²) in [7, 11) is 0. The standard InChI is InChI=1S/C11H21N5O3/c1-7(17)9(4-3-5-14-11(12)13)16-10(19)6-15-8(2)18/h9H,3-6H2,1-2H3,(H,15,18)(H,16,19)(H4,12,13,14)/t9-/m0/s1. The Kier molecular flexibility index (Phi) is 7.90. The molecule has 0 saturated carbocycles. The van der Waals surface area contributed by atoms with E-state index in [9.17, 15) is 14.4 Å². The van der Waals surface area contributed by atoms with Crippen molar-refractivity contribution in [2.24, 2.45) is 5.73 Å². The molecular weight excluding hydrogens is 250 g/mol. The van der Waals surface area contributed by atoms with Gasteiger partial charge < -0.3 is 21.7 Å². The molecule has 0 aliphatic carbocycles. The Morgan fingerprint density at radius 1 is 1.21 bits per heavy atom. The van der Waals surface area contributed by atoms with E-state index in [4.69, 9.17) is 11.1 Å². The van der Waals surface area contributed by atoms with Crippen LogP contribution in [0.15, 0.2) is 0 Å². The molecule has 6 N–H and O–H groups in total. The molecule has 0 unspecified atom stereocenters. The van der Waals surface area contributed by atoms with Crippen LogP contribution in [0.2, 0.25) is 0 Å². The molecule has 1 atom stereocenters. The average Bonchev–Trinajstić information content (AvgIpc) is 2.29. The average molecular weight is 271 g/mol. The number of guanidine groups is 1. The van der Waals surface area contributed by atoms with E-state index in [2.05, 4.69) is 16.0 Å². The summed E-state index contributed by atoms with van der Waals surface area (Å²) in [6.45, 7) is 3.01. The molecule has 0 aliphatic heterocycles. The molecule has 0 radical (unpaired) electrons. The number of nitrogens with two attached hydrogens (primary N) is 1. The van der Waals surface area contributed by atoms with Gasteiger partial charge in [-0.15, -0.1) is 0 Å². The summed E-state index contributed by atoms with van der Waals surface area (Å²) in [4.78, 5) is 33.5. The second kappa shape index (κ2) is 8.90. The fourth-order valence-corrected chi connectivity index (χ4v) is 1.36. The van der Waals surface area contributed by atoms with Crippen LogP contribution in [0.3, 0.4) is 0 Å². The maximum atomic E-state index is 11.5. The van der Waals surface area contributed by atoms with E-state index >= 15 is 0 Å². The lowest BCUT2D eigenvalue weighted by atomic mass is 10.1. The van der Waals surface area contributed by atoms with E-state index < -0.39 is 11.9 Å². The maximum Gasteiger partial charge on any atom is 0.239 e. The van der Waals surface area contributed by atoms with Gasteiger partial charge >= 0.3 is 0 Å². The highest BCUT2D eigenvalue weighted by Crippen LogP contribution is 1.98. The molecule has 0 aliphatic rings. The van der Waals surface area contributed by atoms with Crippen LogP contribution in [-0.4, -0.2) is 42.7 Å². The summed E-state index contributed by atoms with van der Waals surface area (Å²) < 4.78 is 0. The highest BCUT2D eigenvalue weighted by atomic mass is 16.2. The molecule has 108 valence electrons. The Hall–Kier alpha value is -2.12. The molecule has 0 aromatic heterocycles. The summed E-state index contributed by atoms with van der Waals surface area (Å²) >= 11 is 0. The molecule has 0 rings (SSSR count). The van der Waals surface area contributed by atoms with Crippen LogP contribution in [-0.2, 0) is 14.4 Å². The summed E-state index contributed by atoms with van der Waals surface area (Å²) in [5, 5.41) is 14.5. The largest absolute Gasteiger partial charge is 0.370 e. The van der Waals surface area contributed by atoms with E-state index in [1.165, 1.54) is 13.8 Å². The van der Waals surface area contributed by atoms with Crippen LogP contribution in [0, 0.1) is 5.41 Å². The van der Waals surface area contributed by atoms with Gasteiger partial charge in [0, 0.05) is 13.5 Å². The SMILES string of the molecule is CC(=O)NCC(=O)N[C@@H](CCCNC(=N)N)C(C)=O. The lowest BCUT2D eigenvalue weighted by Crippen LogP contribution is -2.45. The second-order valence-electron chi connectivity index (χ2n) is 4.12. The zero-order valence-corrected chi connectivity index (χ0v) is 11.2. The van der Waals surface area contributed by atoms with Crippen molar-refractivity contribution < 1.29 is 14.4 Å². The highest BCUT2D eigenvalue weighted by molar-refractivity contribution is 5.89. The second-order valence-corrected chi connectivity index (χ2v) is 4.12. The predicted molar refractivity (Wildman–Crippen MR) is 70.4 cm³/mol. The minimum absolute atomic E-state index is 0.130. The minimum atomic E-state index is -0.588. The Morgan fingerprint density at radius 3 is 2.32 bits per heavy atom. The van der Waals surface area contributed by atoms with E-state index in [-0.39, 0.29) is 24.2 Å². The van der Waals surface area contributed by atoms with Crippen molar-refractivity contribution in [3.8, 4) is 0 Å². The molecule has 19 heavy (non-hydrogen) atoms. The number of nitrogens with one attached hydrogen (secondary N) is 4. The smallest absolute Gasteiger partial charge is 0.239 e. The minimum Gasteiger partial charge on any atom is -0.370 e. The van der Waals surface area contributed by atoms with Crippen molar-refractivity contribution in [1.82, 2.24) is 16.0 Å². The topological polar surface area (TPSA) is 137 Å². The quantitative estimate of drug-likeness (QED) is 0.207. The third kappa shape index (κ3) is 9.57. The maximum absolute atomic E-state index is 11.5. The van der Waals surface area contributed by atoms with Gasteiger partial charge in [-0.3, -0.25) is 19.8 Å². The molecule has 0 saturated heterocycles. The van der Waals surface area contributed by atoms with Gasteiger partial charge in [-0.1, -0.05) is 0 Å². The number of carbonyl (C=O) groups is 3. The van der Waals surface area contributed by atoms with Crippen LogP contribution in [0.5, 0.6) is 0 Å². The third-order valence-corrected chi connectivity index (χ3v) is 2.31. The van der Waals surface area contributed by atoms with Gasteiger partial charge in [0.25, 0.3) is 0 Å². The van der Waals surface area contributed by atoms with Crippen LogP contribution in [0.4, 0.5) is 0 Å². The third-order valence-electron chi connectivity index (χ3n) is 2.31. The van der Waals surface area contributed by atoms with Crippen molar-refractivity contribution in [2.45, 2.75) is 32.7 Å². The molecule has 0 aromatic carbocycles. The van der Waals surface area contributed by atoms with Crippen LogP contribution in [0.1, 0.15) is 26.7 Å². The Balaban J connectivity index is 4.04. The molecular formula is C11H21N5O3. The van der Waals surface area contributed by atoms with Crippen molar-refractivity contribution in [3.63, 3.8) is 0 Å². The van der Waals surface area contributed by atoms with Gasteiger partial charge in [-0.2, -0.15) is 0 Å². The molecule has 2 amide bonds. The summed E-state index contributed by atoms with van der Waals surface area (Å²) in [6, 6.07) is -0.588. The fraction of sp³-hybridized carbons (Fsp3) is 0.636. The van der Waals surface area contributed by atoms with Gasteiger partial charge in [0.1, 0.15) is 0 Å². The molecule has 0 aromatic rings. The summed E-state index contributed by atoms with van der Waals surface area (Å²) in [5.41, 5.74) is 5.11. The van der Waals surface area contributed by atoms with E-state index in [1.54, 1.807) is 0 Å². The number of ketones is 1.